The minimum Gasteiger partial charge on any atom is -0.487 e. The number of aliphatic hydroxyl groups excluding tert-OH is 1. The first-order valence-corrected chi connectivity index (χ1v) is 7.89. The highest BCUT2D eigenvalue weighted by atomic mass is 16.5. The van der Waals surface area contributed by atoms with E-state index >= 15 is 0 Å². The summed E-state index contributed by atoms with van der Waals surface area (Å²) in [6.45, 7) is 4.70. The van der Waals surface area contributed by atoms with Crippen LogP contribution in [0.25, 0.3) is 0 Å². The highest BCUT2D eigenvalue weighted by Crippen LogP contribution is 2.17. The Morgan fingerprint density at radius 3 is 3.05 bits per heavy atom. The average molecular weight is 303 g/mol. The summed E-state index contributed by atoms with van der Waals surface area (Å²) in [5.74, 6) is 0.900. The van der Waals surface area contributed by atoms with Gasteiger partial charge in [-0.15, -0.1) is 0 Å². The van der Waals surface area contributed by atoms with E-state index in [2.05, 4.69) is 29.1 Å². The summed E-state index contributed by atoms with van der Waals surface area (Å²) in [5, 5.41) is 13.4. The zero-order valence-corrected chi connectivity index (χ0v) is 13.3. The number of pyridine rings is 1. The number of aliphatic hydroxyl groups is 1. The molecule has 0 spiro atoms. The molecule has 1 aromatic rings. The molecule has 2 N–H and O–H groups in total. The van der Waals surface area contributed by atoms with E-state index in [0.29, 0.717) is 6.54 Å². The van der Waals surface area contributed by atoms with E-state index in [1.54, 1.807) is 18.6 Å². The molecule has 0 bridgehead atoms. The SMILES string of the molecule is CCCC1C=NC=C(C[C@@H](C)NC[C@H](O)c2cccnc2)O1. The molecule has 1 aliphatic rings. The molecular weight excluding hydrogens is 278 g/mol. The van der Waals surface area contributed by atoms with Crippen molar-refractivity contribution in [2.24, 2.45) is 4.99 Å². The van der Waals surface area contributed by atoms with E-state index in [0.717, 1.165) is 30.6 Å². The molecule has 2 heterocycles. The third-order valence-corrected chi connectivity index (χ3v) is 3.58. The van der Waals surface area contributed by atoms with Gasteiger partial charge < -0.3 is 15.2 Å². The van der Waals surface area contributed by atoms with Gasteiger partial charge in [-0.1, -0.05) is 19.4 Å². The van der Waals surface area contributed by atoms with Crippen molar-refractivity contribution in [2.75, 3.05) is 6.54 Å². The summed E-state index contributed by atoms with van der Waals surface area (Å²) >= 11 is 0. The second kappa shape index (κ2) is 8.66. The number of aromatic nitrogens is 1. The fourth-order valence-corrected chi connectivity index (χ4v) is 2.37. The van der Waals surface area contributed by atoms with Crippen LogP contribution in [0.4, 0.5) is 0 Å². The molecule has 3 atom stereocenters. The van der Waals surface area contributed by atoms with Gasteiger partial charge in [0.1, 0.15) is 11.9 Å². The van der Waals surface area contributed by atoms with Crippen molar-refractivity contribution in [1.29, 1.82) is 0 Å². The van der Waals surface area contributed by atoms with Gasteiger partial charge in [0.2, 0.25) is 0 Å². The van der Waals surface area contributed by atoms with Gasteiger partial charge >= 0.3 is 0 Å². The van der Waals surface area contributed by atoms with Gasteiger partial charge in [-0.05, 0) is 19.4 Å². The molecule has 120 valence electrons. The van der Waals surface area contributed by atoms with Gasteiger partial charge in [-0.25, -0.2) is 0 Å². The predicted molar refractivity (Wildman–Crippen MR) is 87.6 cm³/mol. The monoisotopic (exact) mass is 303 g/mol. The maximum absolute atomic E-state index is 10.1. The Morgan fingerprint density at radius 1 is 1.45 bits per heavy atom. The fourth-order valence-electron chi connectivity index (χ4n) is 2.37. The smallest absolute Gasteiger partial charge is 0.133 e. The third kappa shape index (κ3) is 5.24. The fraction of sp³-hybridized carbons (Fsp3) is 0.529. The molecule has 0 aromatic carbocycles. The zero-order chi connectivity index (χ0) is 15.8. The standard InChI is InChI=1S/C17H25N3O2/c1-3-5-15-10-19-11-16(22-15)8-13(2)20-12-17(21)14-6-4-7-18-9-14/h4,6-7,9-11,13,15,17,20-21H,3,5,8,12H2,1-2H3/t13-,15?,17+/m1/s1. The van der Waals surface area contributed by atoms with Crippen LogP contribution < -0.4 is 5.32 Å². The average Bonchev–Trinajstić information content (AvgIpc) is 2.54. The molecule has 5 nitrogen and oxygen atoms in total. The topological polar surface area (TPSA) is 66.7 Å². The molecule has 5 heteroatoms. The molecule has 22 heavy (non-hydrogen) atoms. The van der Waals surface area contributed by atoms with Crippen LogP contribution in [0.2, 0.25) is 0 Å². The Labute approximate surface area is 132 Å². The van der Waals surface area contributed by atoms with E-state index in [1.165, 1.54) is 0 Å². The predicted octanol–water partition coefficient (Wildman–Crippen LogP) is 2.59. The van der Waals surface area contributed by atoms with E-state index in [9.17, 15) is 5.11 Å². The van der Waals surface area contributed by atoms with Crippen LogP contribution in [0, 0.1) is 0 Å². The molecule has 1 aliphatic heterocycles. The highest BCUT2D eigenvalue weighted by Gasteiger charge is 2.16. The first-order chi connectivity index (χ1) is 10.7. The summed E-state index contributed by atoms with van der Waals surface area (Å²) in [6, 6.07) is 3.91. The molecule has 0 fully saturated rings. The number of ether oxygens (including phenoxy) is 1. The minimum atomic E-state index is -0.553. The van der Waals surface area contributed by atoms with Gasteiger partial charge in [-0.2, -0.15) is 0 Å². The third-order valence-electron chi connectivity index (χ3n) is 3.58. The molecule has 2 rings (SSSR count). The molecule has 0 radical (unpaired) electrons. The molecule has 0 amide bonds. The lowest BCUT2D eigenvalue weighted by molar-refractivity contribution is 0.141. The van der Waals surface area contributed by atoms with E-state index in [-0.39, 0.29) is 12.1 Å². The first kappa shape index (κ1) is 16.6. The Kier molecular flexibility index (Phi) is 6.55. The van der Waals surface area contributed by atoms with Crippen LogP contribution in [0.1, 0.15) is 44.8 Å². The van der Waals surface area contributed by atoms with Gasteiger partial charge in [-0.3, -0.25) is 9.98 Å². The van der Waals surface area contributed by atoms with Gasteiger partial charge in [0, 0.05) is 43.2 Å². The molecule has 1 aromatic heterocycles. The van der Waals surface area contributed by atoms with Crippen LogP contribution in [0.5, 0.6) is 0 Å². The Bertz CT molecular complexity index is 502. The van der Waals surface area contributed by atoms with Crippen molar-refractivity contribution >= 4 is 6.21 Å². The number of hydrogen-bond acceptors (Lipinski definition) is 5. The normalized spacial score (nSPS) is 20.1. The molecule has 0 saturated carbocycles. The Morgan fingerprint density at radius 2 is 2.32 bits per heavy atom. The maximum atomic E-state index is 10.1. The van der Waals surface area contributed by atoms with Crippen LogP contribution in [-0.4, -0.2) is 35.0 Å². The van der Waals surface area contributed by atoms with Crippen molar-refractivity contribution in [3.05, 3.63) is 42.0 Å². The van der Waals surface area contributed by atoms with Crippen molar-refractivity contribution in [1.82, 2.24) is 10.3 Å². The summed E-state index contributed by atoms with van der Waals surface area (Å²) in [6.07, 6.45) is 9.40. The number of hydrogen-bond donors (Lipinski definition) is 2. The number of nitrogens with zero attached hydrogens (tertiary/aromatic N) is 2. The van der Waals surface area contributed by atoms with E-state index in [1.807, 2.05) is 18.3 Å². The van der Waals surface area contributed by atoms with Crippen molar-refractivity contribution in [3.8, 4) is 0 Å². The van der Waals surface area contributed by atoms with Gasteiger partial charge in [0.05, 0.1) is 12.3 Å². The van der Waals surface area contributed by atoms with Crippen LogP contribution in [-0.2, 0) is 4.74 Å². The Hall–Kier alpha value is -1.72. The largest absolute Gasteiger partial charge is 0.487 e. The summed E-state index contributed by atoms with van der Waals surface area (Å²) < 4.78 is 5.89. The van der Waals surface area contributed by atoms with Crippen molar-refractivity contribution in [3.63, 3.8) is 0 Å². The Balaban J connectivity index is 1.75. The summed E-state index contributed by atoms with van der Waals surface area (Å²) in [7, 11) is 0. The molecular formula is C17H25N3O2. The van der Waals surface area contributed by atoms with E-state index in [4.69, 9.17) is 4.74 Å². The van der Waals surface area contributed by atoms with Crippen molar-refractivity contribution in [2.45, 2.75) is 51.4 Å². The van der Waals surface area contributed by atoms with Gasteiger partial charge in [0.15, 0.2) is 0 Å². The van der Waals surface area contributed by atoms with Crippen LogP contribution in [0.3, 0.4) is 0 Å². The quantitative estimate of drug-likeness (QED) is 0.774. The summed E-state index contributed by atoms with van der Waals surface area (Å²) in [4.78, 5) is 8.28. The van der Waals surface area contributed by atoms with Crippen molar-refractivity contribution < 1.29 is 9.84 Å². The lowest BCUT2D eigenvalue weighted by atomic mass is 10.1. The lowest BCUT2D eigenvalue weighted by Gasteiger charge is -2.23. The van der Waals surface area contributed by atoms with E-state index < -0.39 is 6.10 Å². The minimum absolute atomic E-state index is 0.0955. The van der Waals surface area contributed by atoms with Gasteiger partial charge in [0.25, 0.3) is 0 Å². The molecule has 0 aliphatic carbocycles. The number of nitrogens with one attached hydrogen (secondary N) is 1. The summed E-state index contributed by atoms with van der Waals surface area (Å²) in [5.41, 5.74) is 0.822. The van der Waals surface area contributed by atoms with Crippen LogP contribution >= 0.6 is 0 Å². The lowest BCUT2D eigenvalue weighted by Crippen LogP contribution is -2.31. The first-order valence-electron chi connectivity index (χ1n) is 7.89. The second-order valence-electron chi connectivity index (χ2n) is 5.65. The zero-order valence-electron chi connectivity index (χ0n) is 13.3. The van der Waals surface area contributed by atoms with Crippen LogP contribution in [0.15, 0.2) is 41.5 Å². The second-order valence-corrected chi connectivity index (χ2v) is 5.65. The number of rotatable bonds is 8. The molecule has 1 unspecified atom stereocenters. The number of aliphatic imine (C=N–C) groups is 1. The maximum Gasteiger partial charge on any atom is 0.133 e. The molecule has 0 saturated heterocycles. The highest BCUT2D eigenvalue weighted by molar-refractivity contribution is 5.65.